The van der Waals surface area contributed by atoms with Crippen LogP contribution >= 0.6 is 0 Å². The first-order valence-electron chi connectivity index (χ1n) is 5.48. The summed E-state index contributed by atoms with van der Waals surface area (Å²) in [6.45, 7) is 9.21. The molecule has 1 unspecified atom stereocenters. The molecule has 0 N–H and O–H groups in total. The molecule has 0 radical (unpaired) electrons. The van der Waals surface area contributed by atoms with Crippen LogP contribution in [0.1, 0.15) is 40.0 Å². The van der Waals surface area contributed by atoms with Crippen LogP contribution in [0.4, 0.5) is 0 Å². The van der Waals surface area contributed by atoms with Crippen LogP contribution in [0, 0.1) is 0 Å². The molecule has 0 aromatic carbocycles. The molecular formula is C11H23KN2. The smallest absolute Gasteiger partial charge is 0.658 e. The first-order chi connectivity index (χ1) is 6.13. The molecule has 1 rings (SSSR count). The Morgan fingerprint density at radius 2 is 2.07 bits per heavy atom. The van der Waals surface area contributed by atoms with E-state index in [0.29, 0.717) is 11.6 Å². The summed E-state index contributed by atoms with van der Waals surface area (Å²) in [5, 5.41) is 4.60. The summed E-state index contributed by atoms with van der Waals surface area (Å²) < 4.78 is 0. The second kappa shape index (κ2) is 6.99. The van der Waals surface area contributed by atoms with E-state index in [1.54, 1.807) is 0 Å². The Labute approximate surface area is 132 Å². The van der Waals surface area contributed by atoms with Crippen LogP contribution in [0.2, 0.25) is 0 Å². The second-order valence-corrected chi connectivity index (χ2v) is 4.51. The molecule has 1 saturated heterocycles. The van der Waals surface area contributed by atoms with E-state index in [2.05, 4.69) is 31.0 Å². The molecule has 1 fully saturated rings. The maximum Gasteiger partial charge on any atom is 1.00 e. The summed E-state index contributed by atoms with van der Waals surface area (Å²) in [7, 11) is 1.99. The molecule has 14 heavy (non-hydrogen) atoms. The third-order valence-corrected chi connectivity index (χ3v) is 3.28. The zero-order valence-corrected chi connectivity index (χ0v) is 13.6. The van der Waals surface area contributed by atoms with Crippen LogP contribution < -0.4 is 51.4 Å². The van der Waals surface area contributed by atoms with Gasteiger partial charge in [-0.3, -0.25) is 0 Å². The predicted octanol–water partition coefficient (Wildman–Crippen LogP) is -0.353. The number of nitrogens with zero attached hydrogens (tertiary/aromatic N) is 2. The van der Waals surface area contributed by atoms with Gasteiger partial charge in [-0.05, 0) is 26.9 Å². The van der Waals surface area contributed by atoms with Crippen LogP contribution in [-0.4, -0.2) is 36.6 Å². The number of rotatable bonds is 4. The van der Waals surface area contributed by atoms with Gasteiger partial charge >= 0.3 is 51.4 Å². The van der Waals surface area contributed by atoms with E-state index in [9.17, 15) is 0 Å². The van der Waals surface area contributed by atoms with Crippen LogP contribution in [0.25, 0.3) is 5.32 Å². The Bertz CT molecular complexity index is 161. The summed E-state index contributed by atoms with van der Waals surface area (Å²) in [6, 6.07) is 0.681. The molecule has 2 nitrogen and oxygen atoms in total. The standard InChI is InChI=1S/C11H23N2.K/c1-5-6-11(12-4)7-8-13(9-11)10(2)3;/h10H,5-9H2,1-4H3;/q-1;+1. The quantitative estimate of drug-likeness (QED) is 0.594. The average molecular weight is 222 g/mol. The SMILES string of the molecule is CCCC1([N-]C)CCN(C(C)C)C1.[K+]. The summed E-state index contributed by atoms with van der Waals surface area (Å²) in [6.07, 6.45) is 3.77. The van der Waals surface area contributed by atoms with Crippen molar-refractivity contribution in [2.75, 3.05) is 20.1 Å². The number of likely N-dealkylation sites (N-methyl/N-ethyl adjacent to an activating group) is 1. The van der Waals surface area contributed by atoms with Crippen molar-refractivity contribution in [2.45, 2.75) is 51.6 Å². The van der Waals surface area contributed by atoms with Gasteiger partial charge in [0.05, 0.1) is 0 Å². The summed E-state index contributed by atoms with van der Waals surface area (Å²) >= 11 is 0. The second-order valence-electron chi connectivity index (χ2n) is 4.51. The maximum absolute atomic E-state index is 4.60. The van der Waals surface area contributed by atoms with E-state index in [4.69, 9.17) is 0 Å². The van der Waals surface area contributed by atoms with Crippen molar-refractivity contribution < 1.29 is 51.4 Å². The van der Waals surface area contributed by atoms with E-state index in [0.717, 1.165) is 0 Å². The van der Waals surface area contributed by atoms with Crippen LogP contribution in [0.15, 0.2) is 0 Å². The van der Waals surface area contributed by atoms with Gasteiger partial charge in [-0.2, -0.15) is 7.05 Å². The molecule has 0 amide bonds. The van der Waals surface area contributed by atoms with Gasteiger partial charge in [0, 0.05) is 6.04 Å². The Morgan fingerprint density at radius 3 is 2.43 bits per heavy atom. The molecule has 0 bridgehead atoms. The van der Waals surface area contributed by atoms with Crippen LogP contribution in [0.5, 0.6) is 0 Å². The first-order valence-corrected chi connectivity index (χ1v) is 5.48. The average Bonchev–Trinajstić information content (AvgIpc) is 2.51. The summed E-state index contributed by atoms with van der Waals surface area (Å²) in [5.74, 6) is 0. The zero-order valence-electron chi connectivity index (χ0n) is 10.5. The van der Waals surface area contributed by atoms with E-state index in [1.165, 1.54) is 32.4 Å². The minimum Gasteiger partial charge on any atom is -0.658 e. The Hall–Kier alpha value is 1.56. The molecular weight excluding hydrogens is 199 g/mol. The maximum atomic E-state index is 4.60. The molecule has 0 spiro atoms. The van der Waals surface area contributed by atoms with E-state index in [-0.39, 0.29) is 51.4 Å². The van der Waals surface area contributed by atoms with Crippen molar-refractivity contribution in [1.29, 1.82) is 0 Å². The Morgan fingerprint density at radius 1 is 1.43 bits per heavy atom. The fourth-order valence-electron chi connectivity index (χ4n) is 2.29. The van der Waals surface area contributed by atoms with E-state index in [1.807, 2.05) is 7.05 Å². The Balaban J connectivity index is 0.00000169. The van der Waals surface area contributed by atoms with Crippen molar-refractivity contribution in [3.05, 3.63) is 5.32 Å². The normalized spacial score (nSPS) is 28.1. The molecule has 3 heteroatoms. The van der Waals surface area contributed by atoms with Crippen LogP contribution in [0.3, 0.4) is 0 Å². The van der Waals surface area contributed by atoms with Crippen molar-refractivity contribution in [2.24, 2.45) is 0 Å². The van der Waals surface area contributed by atoms with Gasteiger partial charge in [-0.1, -0.05) is 26.2 Å². The van der Waals surface area contributed by atoms with Gasteiger partial charge in [0.1, 0.15) is 0 Å². The third kappa shape index (κ3) is 3.85. The third-order valence-electron chi connectivity index (χ3n) is 3.28. The number of likely N-dealkylation sites (tertiary alicyclic amines) is 1. The first kappa shape index (κ1) is 15.6. The minimum absolute atomic E-state index is 0. The van der Waals surface area contributed by atoms with Crippen molar-refractivity contribution in [3.63, 3.8) is 0 Å². The van der Waals surface area contributed by atoms with E-state index < -0.39 is 0 Å². The van der Waals surface area contributed by atoms with Gasteiger partial charge in [-0.25, -0.2) is 0 Å². The molecule has 0 aromatic heterocycles. The van der Waals surface area contributed by atoms with Crippen molar-refractivity contribution in [3.8, 4) is 0 Å². The number of hydrogen-bond donors (Lipinski definition) is 0. The molecule has 0 aliphatic carbocycles. The van der Waals surface area contributed by atoms with Gasteiger partial charge in [0.2, 0.25) is 0 Å². The molecule has 1 heterocycles. The molecule has 1 aliphatic rings. The van der Waals surface area contributed by atoms with Crippen LogP contribution in [-0.2, 0) is 0 Å². The van der Waals surface area contributed by atoms with Gasteiger partial charge in [0.15, 0.2) is 0 Å². The Kier molecular flexibility index (Phi) is 7.77. The summed E-state index contributed by atoms with van der Waals surface area (Å²) in [4.78, 5) is 2.54. The fourth-order valence-corrected chi connectivity index (χ4v) is 2.29. The molecule has 0 aromatic rings. The topological polar surface area (TPSA) is 17.3 Å². The zero-order chi connectivity index (χ0) is 9.90. The predicted molar refractivity (Wildman–Crippen MR) is 58.2 cm³/mol. The van der Waals surface area contributed by atoms with Gasteiger partial charge in [-0.15, -0.1) is 5.54 Å². The van der Waals surface area contributed by atoms with E-state index >= 15 is 0 Å². The summed E-state index contributed by atoms with van der Waals surface area (Å²) in [5.41, 5.74) is 0.291. The molecule has 78 valence electrons. The van der Waals surface area contributed by atoms with Gasteiger partial charge in [0.25, 0.3) is 0 Å². The van der Waals surface area contributed by atoms with Crippen molar-refractivity contribution in [1.82, 2.24) is 4.90 Å². The molecule has 0 saturated carbocycles. The molecule has 1 aliphatic heterocycles. The van der Waals surface area contributed by atoms with Crippen molar-refractivity contribution >= 4 is 0 Å². The number of hydrogen-bond acceptors (Lipinski definition) is 1. The largest absolute Gasteiger partial charge is 1.00 e. The van der Waals surface area contributed by atoms with Gasteiger partial charge < -0.3 is 10.2 Å². The minimum atomic E-state index is 0. The fraction of sp³-hybridized carbons (Fsp3) is 1.00. The molecule has 1 atom stereocenters. The monoisotopic (exact) mass is 222 g/mol.